The number of amides is 2. The Morgan fingerprint density at radius 3 is 2.72 bits per heavy atom. The minimum atomic E-state index is -0.538. The Morgan fingerprint density at radius 1 is 1.28 bits per heavy atom. The van der Waals surface area contributed by atoms with E-state index >= 15 is 0 Å². The van der Waals surface area contributed by atoms with Crippen LogP contribution in [0.5, 0.6) is 0 Å². The van der Waals surface area contributed by atoms with E-state index in [4.69, 9.17) is 5.11 Å². The lowest BCUT2D eigenvalue weighted by molar-refractivity contribution is -0.116. The van der Waals surface area contributed by atoms with Crippen molar-refractivity contribution in [3.8, 4) is 0 Å². The molecule has 0 aliphatic carbocycles. The normalized spacial score (nSPS) is 13.2. The van der Waals surface area contributed by atoms with Crippen molar-refractivity contribution in [1.82, 2.24) is 24.1 Å². The van der Waals surface area contributed by atoms with Crippen molar-refractivity contribution in [3.05, 3.63) is 51.8 Å². The van der Waals surface area contributed by atoms with E-state index in [2.05, 4.69) is 20.7 Å². The first-order valence-electron chi connectivity index (χ1n) is 10.0. The number of pyridine rings is 1. The molecule has 0 saturated heterocycles. The van der Waals surface area contributed by atoms with Crippen LogP contribution in [0, 0.1) is 5.82 Å². The number of aromatic nitrogens is 4. The Bertz CT molecular complexity index is 1250. The zero-order valence-corrected chi connectivity index (χ0v) is 17.5. The molecule has 4 heterocycles. The fourth-order valence-corrected chi connectivity index (χ4v) is 3.61. The lowest BCUT2D eigenvalue weighted by Gasteiger charge is -2.20. The van der Waals surface area contributed by atoms with E-state index in [0.29, 0.717) is 5.82 Å². The van der Waals surface area contributed by atoms with Gasteiger partial charge in [-0.2, -0.15) is 4.52 Å². The molecule has 2 amide bonds. The lowest BCUT2D eigenvalue weighted by Crippen LogP contribution is -2.32. The molecule has 32 heavy (non-hydrogen) atoms. The molecule has 0 atom stereocenters. The number of rotatable bonds is 7. The third-order valence-corrected chi connectivity index (χ3v) is 5.10. The van der Waals surface area contributed by atoms with Crippen molar-refractivity contribution in [3.63, 3.8) is 0 Å². The van der Waals surface area contributed by atoms with Crippen LogP contribution in [0.25, 0.3) is 5.65 Å². The van der Waals surface area contributed by atoms with Gasteiger partial charge in [-0.1, -0.05) is 0 Å². The van der Waals surface area contributed by atoms with Gasteiger partial charge in [-0.05, 0) is 26.0 Å². The number of fused-ring (bicyclic) bond motifs is 2. The van der Waals surface area contributed by atoms with Crippen molar-refractivity contribution >= 4 is 29.1 Å². The van der Waals surface area contributed by atoms with Crippen LogP contribution in [0.2, 0.25) is 0 Å². The SMILES string of the molecule is CC(C)N1Cc2c(n(CC(=O)Nc3ccc(F)cn3)c3cc(NCCO)nn3c2=O)C1=O. The predicted molar refractivity (Wildman–Crippen MR) is 113 cm³/mol. The van der Waals surface area contributed by atoms with Gasteiger partial charge in [0.25, 0.3) is 11.5 Å². The van der Waals surface area contributed by atoms with Gasteiger partial charge >= 0.3 is 0 Å². The number of nitrogens with zero attached hydrogens (tertiary/aromatic N) is 5. The third-order valence-electron chi connectivity index (χ3n) is 5.10. The lowest BCUT2D eigenvalue weighted by atomic mass is 10.2. The van der Waals surface area contributed by atoms with Crippen LogP contribution in [-0.4, -0.2) is 60.2 Å². The van der Waals surface area contributed by atoms with Gasteiger partial charge in [-0.25, -0.2) is 9.37 Å². The van der Waals surface area contributed by atoms with Crippen LogP contribution >= 0.6 is 0 Å². The number of hydrogen-bond acceptors (Lipinski definition) is 7. The number of anilines is 2. The van der Waals surface area contributed by atoms with Crippen LogP contribution in [0.1, 0.15) is 29.9 Å². The Labute approximate surface area is 181 Å². The van der Waals surface area contributed by atoms with Crippen LogP contribution in [0.15, 0.2) is 29.2 Å². The summed E-state index contributed by atoms with van der Waals surface area (Å²) in [5, 5.41) is 18.7. The van der Waals surface area contributed by atoms with Gasteiger partial charge in [0.05, 0.1) is 24.9 Å². The van der Waals surface area contributed by atoms with Gasteiger partial charge < -0.3 is 25.2 Å². The summed E-state index contributed by atoms with van der Waals surface area (Å²) in [6.07, 6.45) is 0.977. The Morgan fingerprint density at radius 2 is 2.06 bits per heavy atom. The molecule has 0 aromatic carbocycles. The maximum absolute atomic E-state index is 13.1. The molecule has 168 valence electrons. The van der Waals surface area contributed by atoms with Crippen LogP contribution in [-0.2, 0) is 17.9 Å². The van der Waals surface area contributed by atoms with Gasteiger partial charge in [0.15, 0.2) is 5.82 Å². The molecule has 3 aromatic heterocycles. The highest BCUT2D eigenvalue weighted by Crippen LogP contribution is 2.25. The van der Waals surface area contributed by atoms with Crippen molar-refractivity contribution in [2.45, 2.75) is 33.0 Å². The van der Waals surface area contributed by atoms with Crippen molar-refractivity contribution in [2.75, 3.05) is 23.8 Å². The van der Waals surface area contributed by atoms with Gasteiger partial charge in [0.2, 0.25) is 5.91 Å². The summed E-state index contributed by atoms with van der Waals surface area (Å²) >= 11 is 0. The van der Waals surface area contributed by atoms with E-state index in [1.54, 1.807) is 4.90 Å². The molecule has 1 aliphatic rings. The predicted octanol–water partition coefficient (Wildman–Crippen LogP) is 0.437. The number of aliphatic hydroxyl groups excluding tert-OH is 1. The maximum Gasteiger partial charge on any atom is 0.280 e. The molecule has 11 nitrogen and oxygen atoms in total. The summed E-state index contributed by atoms with van der Waals surface area (Å²) in [4.78, 5) is 44.3. The molecule has 4 rings (SSSR count). The number of halogens is 1. The fraction of sp³-hybridized carbons (Fsp3) is 0.350. The first-order valence-corrected chi connectivity index (χ1v) is 10.0. The summed E-state index contributed by atoms with van der Waals surface area (Å²) in [7, 11) is 0. The van der Waals surface area contributed by atoms with Crippen LogP contribution in [0.3, 0.4) is 0 Å². The highest BCUT2D eigenvalue weighted by molar-refractivity contribution is 5.98. The second-order valence-corrected chi connectivity index (χ2v) is 7.61. The average molecular weight is 443 g/mol. The Balaban J connectivity index is 1.78. The zero-order chi connectivity index (χ0) is 23.0. The number of carbonyl (C=O) groups is 2. The van der Waals surface area contributed by atoms with E-state index in [9.17, 15) is 18.8 Å². The number of aliphatic hydroxyl groups is 1. The molecule has 0 fully saturated rings. The number of nitrogens with one attached hydrogen (secondary N) is 2. The summed E-state index contributed by atoms with van der Waals surface area (Å²) in [5.74, 6) is -0.932. The zero-order valence-electron chi connectivity index (χ0n) is 17.5. The maximum atomic E-state index is 13.1. The molecule has 0 bridgehead atoms. The van der Waals surface area contributed by atoms with Gasteiger partial charge in [0, 0.05) is 18.7 Å². The topological polar surface area (TPSA) is 134 Å². The van der Waals surface area contributed by atoms with Crippen molar-refractivity contribution in [2.24, 2.45) is 0 Å². The largest absolute Gasteiger partial charge is 0.395 e. The van der Waals surface area contributed by atoms with E-state index in [1.165, 1.54) is 16.7 Å². The smallest absolute Gasteiger partial charge is 0.280 e. The Kier molecular flexibility index (Phi) is 5.61. The third kappa shape index (κ3) is 3.80. The first kappa shape index (κ1) is 21.4. The van der Waals surface area contributed by atoms with Crippen LogP contribution < -0.4 is 16.2 Å². The standard InChI is InChI=1S/C20H22FN7O4/c1-11(2)26-9-13-18(20(26)32)27(10-16(30)24-14-4-3-12(21)8-23-14)17-7-15(22-5-6-29)25-28(17)19(13)31/h3-4,7-8,11,29H,5-6,9-10H2,1-2H3,(H,22,25)(H,23,24,30). The van der Waals surface area contributed by atoms with Crippen LogP contribution in [0.4, 0.5) is 16.0 Å². The van der Waals surface area contributed by atoms with Gasteiger partial charge in [-0.15, -0.1) is 5.10 Å². The van der Waals surface area contributed by atoms with Crippen molar-refractivity contribution in [1.29, 1.82) is 0 Å². The molecule has 1 aliphatic heterocycles. The summed E-state index contributed by atoms with van der Waals surface area (Å²) in [5.41, 5.74) is 0.184. The molecule has 0 spiro atoms. The molecule has 0 radical (unpaired) electrons. The van der Waals surface area contributed by atoms with E-state index < -0.39 is 17.3 Å². The van der Waals surface area contributed by atoms with E-state index in [1.807, 2.05) is 13.8 Å². The van der Waals surface area contributed by atoms with E-state index in [-0.39, 0.29) is 60.9 Å². The average Bonchev–Trinajstić information content (AvgIpc) is 3.33. The minimum absolute atomic E-state index is 0.112. The molecule has 0 unspecified atom stereocenters. The summed E-state index contributed by atoms with van der Waals surface area (Å²) in [6.45, 7) is 3.58. The number of carbonyl (C=O) groups excluding carboxylic acids is 2. The highest BCUT2D eigenvalue weighted by atomic mass is 19.1. The molecule has 3 aromatic rings. The van der Waals surface area contributed by atoms with Gasteiger partial charge in [0.1, 0.15) is 29.5 Å². The van der Waals surface area contributed by atoms with E-state index in [0.717, 1.165) is 16.8 Å². The fourth-order valence-electron chi connectivity index (χ4n) is 3.61. The molecule has 12 heteroatoms. The van der Waals surface area contributed by atoms with Gasteiger partial charge in [-0.3, -0.25) is 14.4 Å². The number of hydrogen-bond donors (Lipinski definition) is 3. The first-order chi connectivity index (χ1) is 15.3. The molecule has 3 N–H and O–H groups in total. The molecular formula is C20H22FN7O4. The molecular weight excluding hydrogens is 421 g/mol. The molecule has 0 saturated carbocycles. The second-order valence-electron chi connectivity index (χ2n) is 7.61. The summed E-state index contributed by atoms with van der Waals surface area (Å²) in [6, 6.07) is 3.87. The quantitative estimate of drug-likeness (QED) is 0.482. The second kappa shape index (κ2) is 8.38. The Hall–Kier alpha value is -3.80. The monoisotopic (exact) mass is 443 g/mol. The minimum Gasteiger partial charge on any atom is -0.395 e. The highest BCUT2D eigenvalue weighted by Gasteiger charge is 2.36. The summed E-state index contributed by atoms with van der Waals surface area (Å²) < 4.78 is 15.7. The van der Waals surface area contributed by atoms with Crippen molar-refractivity contribution < 1.29 is 19.1 Å².